The van der Waals surface area contributed by atoms with Crippen molar-refractivity contribution >= 4 is 15.9 Å². The molecule has 3 atom stereocenters. The molecule has 1 unspecified atom stereocenters. The van der Waals surface area contributed by atoms with E-state index in [1.54, 1.807) is 0 Å². The fraction of sp³-hybridized carbons (Fsp3) is 0.381. The summed E-state index contributed by atoms with van der Waals surface area (Å²) >= 11 is 0. The highest BCUT2D eigenvalue weighted by Gasteiger charge is 2.47. The number of carbonyl (C=O) groups is 1. The number of hydrogen-bond donors (Lipinski definition) is 1. The molecule has 0 bridgehead atoms. The quantitative estimate of drug-likeness (QED) is 0.695. The Morgan fingerprint density at radius 3 is 2.47 bits per heavy atom. The van der Waals surface area contributed by atoms with Crippen LogP contribution in [0.25, 0.3) is 0 Å². The van der Waals surface area contributed by atoms with E-state index in [9.17, 15) is 35.9 Å². The molecule has 2 aromatic carbocycles. The number of sulfonamides is 1. The fourth-order valence-electron chi connectivity index (χ4n) is 4.31. The van der Waals surface area contributed by atoms with Crippen LogP contribution in [-0.4, -0.2) is 54.3 Å². The number of fused-ring (bicyclic) bond motifs is 1. The molecule has 11 heteroatoms. The van der Waals surface area contributed by atoms with Gasteiger partial charge in [-0.25, -0.2) is 12.8 Å². The molecule has 32 heavy (non-hydrogen) atoms. The van der Waals surface area contributed by atoms with Crippen molar-refractivity contribution in [2.24, 2.45) is 5.92 Å². The second-order valence-corrected chi connectivity index (χ2v) is 9.85. The molecule has 2 aliphatic rings. The third kappa shape index (κ3) is 4.12. The van der Waals surface area contributed by atoms with Crippen LogP contribution in [0.3, 0.4) is 0 Å². The lowest BCUT2D eigenvalue weighted by molar-refractivity contribution is -0.138. The van der Waals surface area contributed by atoms with E-state index in [1.807, 2.05) is 0 Å². The zero-order valence-electron chi connectivity index (χ0n) is 16.7. The zero-order chi connectivity index (χ0) is 23.3. The number of carbonyl (C=O) groups excluding carboxylic acids is 1. The molecule has 0 aliphatic carbocycles. The Bertz CT molecular complexity index is 1140. The number of halogens is 4. The molecule has 6 nitrogen and oxygen atoms in total. The van der Waals surface area contributed by atoms with Gasteiger partial charge >= 0.3 is 6.18 Å². The number of piperazine rings is 1. The molecular weight excluding hydrogens is 452 g/mol. The molecule has 1 N–H and O–H groups in total. The van der Waals surface area contributed by atoms with Crippen molar-refractivity contribution in [3.05, 3.63) is 65.5 Å². The number of rotatable bonds is 4. The molecule has 4 rings (SSSR count). The first-order valence-electron chi connectivity index (χ1n) is 9.90. The van der Waals surface area contributed by atoms with Gasteiger partial charge in [-0.1, -0.05) is 18.2 Å². The molecular formula is C21H20F4N2O4S. The molecule has 0 aromatic heterocycles. The van der Waals surface area contributed by atoms with Gasteiger partial charge in [-0.15, -0.1) is 0 Å². The standard InChI is InChI=1S/C21H20F4N2O4S/c22-15-5-1-3-13(9-15)19(28)18-11-16-12-26(7-8-27(16)20(18)29)32(30,31)17-6-2-4-14(10-17)21(23,24)25/h1-6,9-10,16,18-19,28H,7-8,11-12H2/t16-,18+,19?/m0/s1. The minimum atomic E-state index is -4.68. The van der Waals surface area contributed by atoms with Crippen LogP contribution >= 0.6 is 0 Å². The average Bonchev–Trinajstić information content (AvgIpc) is 3.08. The average molecular weight is 472 g/mol. The van der Waals surface area contributed by atoms with Gasteiger partial charge in [0, 0.05) is 25.7 Å². The summed E-state index contributed by atoms with van der Waals surface area (Å²) in [6.07, 6.45) is -5.79. The van der Waals surface area contributed by atoms with Crippen molar-refractivity contribution in [1.82, 2.24) is 9.21 Å². The van der Waals surface area contributed by atoms with Crippen LogP contribution in [0, 0.1) is 11.7 Å². The monoisotopic (exact) mass is 472 g/mol. The lowest BCUT2D eigenvalue weighted by Gasteiger charge is -2.36. The van der Waals surface area contributed by atoms with Crippen LogP contribution < -0.4 is 0 Å². The lowest BCUT2D eigenvalue weighted by Crippen LogP contribution is -2.53. The van der Waals surface area contributed by atoms with Crippen molar-refractivity contribution in [2.45, 2.75) is 29.6 Å². The van der Waals surface area contributed by atoms with Crippen LogP contribution in [0.5, 0.6) is 0 Å². The highest BCUT2D eigenvalue weighted by atomic mass is 32.2. The van der Waals surface area contributed by atoms with Crippen molar-refractivity contribution in [3.63, 3.8) is 0 Å². The van der Waals surface area contributed by atoms with Gasteiger partial charge in [0.25, 0.3) is 0 Å². The number of hydrogen-bond acceptors (Lipinski definition) is 4. The highest BCUT2D eigenvalue weighted by molar-refractivity contribution is 7.89. The molecule has 2 heterocycles. The number of nitrogens with zero attached hydrogens (tertiary/aromatic N) is 2. The molecule has 2 aliphatic heterocycles. The number of alkyl halides is 3. The third-order valence-corrected chi connectivity index (χ3v) is 7.80. The largest absolute Gasteiger partial charge is 0.416 e. The first-order valence-corrected chi connectivity index (χ1v) is 11.3. The Hall–Kier alpha value is -2.50. The van der Waals surface area contributed by atoms with E-state index >= 15 is 0 Å². The minimum Gasteiger partial charge on any atom is -0.388 e. The predicted molar refractivity (Wildman–Crippen MR) is 105 cm³/mol. The second-order valence-electron chi connectivity index (χ2n) is 7.92. The van der Waals surface area contributed by atoms with Crippen molar-refractivity contribution in [2.75, 3.05) is 19.6 Å². The van der Waals surface area contributed by atoms with Gasteiger partial charge in [0.2, 0.25) is 15.9 Å². The van der Waals surface area contributed by atoms with Crippen LogP contribution in [0.4, 0.5) is 17.6 Å². The van der Waals surface area contributed by atoms with E-state index < -0.39 is 50.5 Å². The summed E-state index contributed by atoms with van der Waals surface area (Å²) in [5.74, 6) is -1.77. The van der Waals surface area contributed by atoms with E-state index in [2.05, 4.69) is 0 Å². The summed E-state index contributed by atoms with van der Waals surface area (Å²) in [6, 6.07) is 8.27. The normalized spacial score (nSPS) is 23.3. The Morgan fingerprint density at radius 2 is 1.78 bits per heavy atom. The number of amides is 1. The van der Waals surface area contributed by atoms with Crippen LogP contribution in [0.2, 0.25) is 0 Å². The Morgan fingerprint density at radius 1 is 1.06 bits per heavy atom. The SMILES string of the molecule is O=C1[C@@H](C(O)c2cccc(F)c2)C[C@H]2CN(S(=O)(=O)c3cccc(C(F)(F)F)c3)CCN12. The fourth-order valence-corrected chi connectivity index (χ4v) is 5.83. The number of aliphatic hydroxyl groups is 1. The molecule has 0 saturated carbocycles. The summed E-state index contributed by atoms with van der Waals surface area (Å²) in [4.78, 5) is 13.8. The van der Waals surface area contributed by atoms with E-state index in [1.165, 1.54) is 23.1 Å². The minimum absolute atomic E-state index is 0.0497. The maximum atomic E-state index is 13.5. The Kier molecular flexibility index (Phi) is 5.76. The molecule has 2 saturated heterocycles. The van der Waals surface area contributed by atoms with Crippen molar-refractivity contribution in [1.29, 1.82) is 0 Å². The van der Waals surface area contributed by atoms with Crippen LogP contribution in [0.15, 0.2) is 53.4 Å². The first kappa shape index (κ1) is 22.7. The summed E-state index contributed by atoms with van der Waals surface area (Å²) in [5, 5.41) is 10.6. The first-order chi connectivity index (χ1) is 15.0. The number of benzene rings is 2. The Labute approximate surface area is 182 Å². The third-order valence-electron chi connectivity index (χ3n) is 5.94. The van der Waals surface area contributed by atoms with Gasteiger partial charge in [-0.05, 0) is 42.3 Å². The van der Waals surface area contributed by atoms with Gasteiger partial charge in [0.1, 0.15) is 5.82 Å². The van der Waals surface area contributed by atoms with Crippen molar-refractivity contribution < 1.29 is 35.9 Å². The van der Waals surface area contributed by atoms with Gasteiger partial charge in [0.05, 0.1) is 22.5 Å². The van der Waals surface area contributed by atoms with Crippen LogP contribution in [0.1, 0.15) is 23.7 Å². The summed E-state index contributed by atoms with van der Waals surface area (Å²) in [7, 11) is -4.21. The van der Waals surface area contributed by atoms with E-state index in [-0.39, 0.29) is 37.5 Å². The summed E-state index contributed by atoms with van der Waals surface area (Å²) < 4.78 is 79.5. The zero-order valence-corrected chi connectivity index (χ0v) is 17.5. The smallest absolute Gasteiger partial charge is 0.388 e. The predicted octanol–water partition coefficient (Wildman–Crippen LogP) is 2.80. The Balaban J connectivity index is 1.53. The lowest BCUT2D eigenvalue weighted by atomic mass is 9.93. The molecule has 2 fully saturated rings. The molecule has 0 radical (unpaired) electrons. The van der Waals surface area contributed by atoms with E-state index in [0.29, 0.717) is 6.07 Å². The van der Waals surface area contributed by atoms with Crippen molar-refractivity contribution in [3.8, 4) is 0 Å². The number of aliphatic hydroxyl groups excluding tert-OH is 1. The van der Waals surface area contributed by atoms with Gasteiger partial charge in [0.15, 0.2) is 0 Å². The molecule has 2 aromatic rings. The van der Waals surface area contributed by atoms with E-state index in [4.69, 9.17) is 0 Å². The maximum absolute atomic E-state index is 13.5. The van der Waals surface area contributed by atoms with Gasteiger partial charge < -0.3 is 10.0 Å². The molecule has 1 amide bonds. The topological polar surface area (TPSA) is 77.9 Å². The maximum Gasteiger partial charge on any atom is 0.416 e. The second kappa shape index (κ2) is 8.13. The van der Waals surface area contributed by atoms with Gasteiger partial charge in [-0.2, -0.15) is 17.5 Å². The van der Waals surface area contributed by atoms with Gasteiger partial charge in [-0.3, -0.25) is 4.79 Å². The molecule has 172 valence electrons. The molecule has 0 spiro atoms. The van der Waals surface area contributed by atoms with E-state index in [0.717, 1.165) is 28.6 Å². The van der Waals surface area contributed by atoms with Crippen LogP contribution in [-0.2, 0) is 21.0 Å². The highest BCUT2D eigenvalue weighted by Crippen LogP contribution is 2.37. The summed E-state index contributed by atoms with van der Waals surface area (Å²) in [6.45, 7) is -0.131. The summed E-state index contributed by atoms with van der Waals surface area (Å²) in [5.41, 5.74) is -0.817.